The van der Waals surface area contributed by atoms with Crippen molar-refractivity contribution >= 4 is 5.91 Å². The van der Waals surface area contributed by atoms with Crippen molar-refractivity contribution in [1.29, 1.82) is 0 Å². The van der Waals surface area contributed by atoms with Gasteiger partial charge in [0.2, 0.25) is 6.79 Å². The highest BCUT2D eigenvalue weighted by Gasteiger charge is 2.33. The van der Waals surface area contributed by atoms with Gasteiger partial charge in [-0.05, 0) is 44.9 Å². The second kappa shape index (κ2) is 5.91. The van der Waals surface area contributed by atoms with Crippen LogP contribution in [-0.4, -0.2) is 34.1 Å². The summed E-state index contributed by atoms with van der Waals surface area (Å²) in [5.74, 6) is 1.69. The molecule has 1 aromatic carbocycles. The molecule has 3 heterocycles. The Balaban J connectivity index is 1.65. The fourth-order valence-corrected chi connectivity index (χ4v) is 3.31. The van der Waals surface area contributed by atoms with E-state index in [9.17, 15) is 9.59 Å². The number of aryl methyl sites for hydroxylation is 1. The molecule has 1 saturated heterocycles. The van der Waals surface area contributed by atoms with E-state index in [0.717, 1.165) is 12.8 Å². The van der Waals surface area contributed by atoms with Crippen LogP contribution in [0.5, 0.6) is 11.5 Å². The first-order valence-corrected chi connectivity index (χ1v) is 8.32. The summed E-state index contributed by atoms with van der Waals surface area (Å²) in [5, 5.41) is 0. The lowest BCUT2D eigenvalue weighted by atomic mass is 10.1. The number of fused-ring (bicyclic) bond motifs is 1. The summed E-state index contributed by atoms with van der Waals surface area (Å²) < 4.78 is 10.6. The van der Waals surface area contributed by atoms with Crippen molar-refractivity contribution in [1.82, 2.24) is 14.9 Å². The van der Waals surface area contributed by atoms with Gasteiger partial charge in [-0.3, -0.25) is 9.59 Å². The number of ether oxygens (including phenoxy) is 2. The van der Waals surface area contributed by atoms with Crippen LogP contribution in [0.1, 0.15) is 46.3 Å². The quantitative estimate of drug-likeness (QED) is 0.904. The van der Waals surface area contributed by atoms with Crippen LogP contribution in [0.2, 0.25) is 0 Å². The zero-order valence-electron chi connectivity index (χ0n) is 14.2. The number of nitrogens with zero attached hydrogens (tertiary/aromatic N) is 2. The molecule has 7 nitrogen and oxygen atoms in total. The van der Waals surface area contributed by atoms with E-state index in [-0.39, 0.29) is 24.3 Å². The fourth-order valence-electron chi connectivity index (χ4n) is 3.31. The molecule has 4 rings (SSSR count). The van der Waals surface area contributed by atoms with E-state index in [1.54, 1.807) is 30.0 Å². The van der Waals surface area contributed by atoms with E-state index in [4.69, 9.17) is 9.47 Å². The molecule has 2 aliphatic rings. The minimum atomic E-state index is -0.218. The summed E-state index contributed by atoms with van der Waals surface area (Å²) in [5.41, 5.74) is 1.70. The van der Waals surface area contributed by atoms with Gasteiger partial charge in [0.25, 0.3) is 11.5 Å². The molecule has 0 radical (unpaired) electrons. The Morgan fingerprint density at radius 2 is 2.08 bits per heavy atom. The molecule has 0 unspecified atom stereocenters. The van der Waals surface area contributed by atoms with Crippen molar-refractivity contribution in [2.45, 2.75) is 32.7 Å². The van der Waals surface area contributed by atoms with Gasteiger partial charge in [0.15, 0.2) is 11.5 Å². The average molecular weight is 341 g/mol. The fraction of sp³-hybridized carbons (Fsp3) is 0.389. The molecule has 0 bridgehead atoms. The zero-order valence-corrected chi connectivity index (χ0v) is 14.2. The molecule has 7 heteroatoms. The predicted molar refractivity (Wildman–Crippen MR) is 89.9 cm³/mol. The maximum atomic E-state index is 13.0. The predicted octanol–water partition coefficient (Wildman–Crippen LogP) is 2.09. The van der Waals surface area contributed by atoms with Crippen LogP contribution in [0.25, 0.3) is 0 Å². The number of hydrogen-bond donors (Lipinski definition) is 1. The van der Waals surface area contributed by atoms with Gasteiger partial charge in [-0.15, -0.1) is 0 Å². The molecule has 1 amide bonds. The summed E-state index contributed by atoms with van der Waals surface area (Å²) >= 11 is 0. The SMILES string of the molecule is Cc1nc([C@@H]2CCCN2C(=O)c2ccc3c(c2)OCO3)[nH]c(=O)c1C. The highest BCUT2D eigenvalue weighted by atomic mass is 16.7. The van der Waals surface area contributed by atoms with Crippen molar-refractivity contribution in [2.24, 2.45) is 0 Å². The lowest BCUT2D eigenvalue weighted by Gasteiger charge is -2.24. The van der Waals surface area contributed by atoms with Crippen LogP contribution in [-0.2, 0) is 0 Å². The first-order valence-electron chi connectivity index (χ1n) is 8.32. The lowest BCUT2D eigenvalue weighted by molar-refractivity contribution is 0.0729. The summed E-state index contributed by atoms with van der Waals surface area (Å²) in [6.45, 7) is 4.36. The third-order valence-electron chi connectivity index (χ3n) is 4.86. The Hall–Kier alpha value is -2.83. The van der Waals surface area contributed by atoms with E-state index in [1.807, 2.05) is 6.92 Å². The first kappa shape index (κ1) is 15.7. The Labute approximate surface area is 144 Å². The van der Waals surface area contributed by atoms with E-state index in [1.165, 1.54) is 0 Å². The van der Waals surface area contributed by atoms with Gasteiger partial charge >= 0.3 is 0 Å². The maximum absolute atomic E-state index is 13.0. The molecule has 1 fully saturated rings. The lowest BCUT2D eigenvalue weighted by Crippen LogP contribution is -2.33. The van der Waals surface area contributed by atoms with E-state index < -0.39 is 0 Å². The Bertz CT molecular complexity index is 906. The van der Waals surface area contributed by atoms with Crippen LogP contribution in [0.3, 0.4) is 0 Å². The van der Waals surface area contributed by atoms with Crippen molar-refractivity contribution in [3.05, 3.63) is 51.2 Å². The Kier molecular flexibility index (Phi) is 3.71. The molecule has 1 N–H and O–H groups in total. The number of nitrogens with one attached hydrogen (secondary N) is 1. The number of rotatable bonds is 2. The number of carbonyl (C=O) groups excluding carboxylic acids is 1. The van der Waals surface area contributed by atoms with Gasteiger partial charge in [-0.25, -0.2) is 4.98 Å². The van der Waals surface area contributed by atoms with Crippen molar-refractivity contribution in [2.75, 3.05) is 13.3 Å². The maximum Gasteiger partial charge on any atom is 0.254 e. The van der Waals surface area contributed by atoms with Crippen LogP contribution in [0.4, 0.5) is 0 Å². The number of benzene rings is 1. The van der Waals surface area contributed by atoms with Gasteiger partial charge in [-0.2, -0.15) is 0 Å². The normalized spacial score (nSPS) is 18.6. The van der Waals surface area contributed by atoms with Gasteiger partial charge in [0, 0.05) is 23.4 Å². The Morgan fingerprint density at radius 3 is 2.88 bits per heavy atom. The second-order valence-electron chi connectivity index (χ2n) is 6.39. The molecular formula is C18H19N3O4. The number of H-pyrrole nitrogens is 1. The van der Waals surface area contributed by atoms with Crippen LogP contribution in [0.15, 0.2) is 23.0 Å². The minimum Gasteiger partial charge on any atom is -0.454 e. The second-order valence-corrected chi connectivity index (χ2v) is 6.39. The highest BCUT2D eigenvalue weighted by Crippen LogP contribution is 2.35. The molecule has 0 spiro atoms. The molecular weight excluding hydrogens is 322 g/mol. The van der Waals surface area contributed by atoms with Gasteiger partial charge in [0.1, 0.15) is 5.82 Å². The van der Waals surface area contributed by atoms with Crippen molar-refractivity contribution < 1.29 is 14.3 Å². The van der Waals surface area contributed by atoms with Gasteiger partial charge in [-0.1, -0.05) is 0 Å². The molecule has 130 valence electrons. The van der Waals surface area contributed by atoms with E-state index >= 15 is 0 Å². The van der Waals surface area contributed by atoms with Crippen LogP contribution < -0.4 is 15.0 Å². The molecule has 1 atom stereocenters. The summed E-state index contributed by atoms with van der Waals surface area (Å²) in [7, 11) is 0. The van der Waals surface area contributed by atoms with Gasteiger partial charge in [0.05, 0.1) is 6.04 Å². The largest absolute Gasteiger partial charge is 0.454 e. The third-order valence-corrected chi connectivity index (χ3v) is 4.86. The summed E-state index contributed by atoms with van der Waals surface area (Å²) in [6.07, 6.45) is 1.65. The highest BCUT2D eigenvalue weighted by molar-refractivity contribution is 5.95. The molecule has 25 heavy (non-hydrogen) atoms. The molecule has 0 saturated carbocycles. The monoisotopic (exact) mass is 341 g/mol. The molecule has 2 aromatic rings. The molecule has 2 aliphatic heterocycles. The average Bonchev–Trinajstić information content (AvgIpc) is 3.26. The third kappa shape index (κ3) is 2.65. The first-order chi connectivity index (χ1) is 12.0. The van der Waals surface area contributed by atoms with Crippen LogP contribution >= 0.6 is 0 Å². The number of carbonyl (C=O) groups is 1. The molecule has 0 aliphatic carbocycles. The number of aromatic amines is 1. The standard InChI is InChI=1S/C18H19N3O4/c1-10-11(2)19-16(20-17(10)22)13-4-3-7-21(13)18(23)12-5-6-14-15(8-12)25-9-24-14/h5-6,8,13H,3-4,7,9H2,1-2H3,(H,19,20,22)/t13-/m0/s1. The Morgan fingerprint density at radius 1 is 1.28 bits per heavy atom. The van der Waals surface area contributed by atoms with Crippen LogP contribution in [0, 0.1) is 13.8 Å². The van der Waals surface area contributed by atoms with Gasteiger partial charge < -0.3 is 19.4 Å². The topological polar surface area (TPSA) is 84.5 Å². The summed E-state index contributed by atoms with van der Waals surface area (Å²) in [6, 6.07) is 4.97. The zero-order chi connectivity index (χ0) is 17.6. The number of likely N-dealkylation sites (tertiary alicyclic amines) is 1. The smallest absolute Gasteiger partial charge is 0.254 e. The minimum absolute atomic E-state index is 0.0957. The number of hydrogen-bond acceptors (Lipinski definition) is 5. The van der Waals surface area contributed by atoms with E-state index in [0.29, 0.717) is 40.7 Å². The molecule has 1 aromatic heterocycles. The number of amides is 1. The van der Waals surface area contributed by atoms with Crippen molar-refractivity contribution in [3.63, 3.8) is 0 Å². The summed E-state index contributed by atoms with van der Waals surface area (Å²) in [4.78, 5) is 34.1. The van der Waals surface area contributed by atoms with E-state index in [2.05, 4.69) is 9.97 Å². The number of aromatic nitrogens is 2. The van der Waals surface area contributed by atoms with Crippen molar-refractivity contribution in [3.8, 4) is 11.5 Å².